The number of likely N-dealkylation sites (N-methyl/N-ethyl adjacent to an activating group) is 1. The number of hydrogen-bond acceptors (Lipinski definition) is 6. The van der Waals surface area contributed by atoms with Crippen LogP contribution in [0.5, 0.6) is 5.75 Å². The summed E-state index contributed by atoms with van der Waals surface area (Å²) in [6.45, 7) is 0.517. The Kier molecular flexibility index (Phi) is 4.63. The number of para-hydroxylation sites is 3. The first-order chi connectivity index (χ1) is 13.1. The molecule has 2 aromatic carbocycles. The van der Waals surface area contributed by atoms with Crippen molar-refractivity contribution in [3.8, 4) is 5.75 Å². The quantitative estimate of drug-likeness (QED) is 0.636. The predicted molar refractivity (Wildman–Crippen MR) is 105 cm³/mol. The van der Waals surface area contributed by atoms with E-state index in [2.05, 4.69) is 4.98 Å². The van der Waals surface area contributed by atoms with Crippen LogP contribution in [0.25, 0.3) is 10.2 Å². The van der Waals surface area contributed by atoms with Crippen molar-refractivity contribution in [2.24, 2.45) is 0 Å². The molecule has 0 aliphatic carbocycles. The Labute approximate surface area is 161 Å². The van der Waals surface area contributed by atoms with E-state index in [-0.39, 0.29) is 18.2 Å². The first kappa shape index (κ1) is 17.6. The van der Waals surface area contributed by atoms with E-state index in [4.69, 9.17) is 4.74 Å². The molecule has 138 valence electrons. The van der Waals surface area contributed by atoms with Crippen molar-refractivity contribution in [2.75, 3.05) is 19.1 Å². The van der Waals surface area contributed by atoms with Crippen molar-refractivity contribution in [1.29, 1.82) is 0 Å². The Morgan fingerprint density at radius 3 is 2.70 bits per heavy atom. The largest absolute Gasteiger partial charge is 0.495 e. The third-order valence-corrected chi connectivity index (χ3v) is 5.72. The van der Waals surface area contributed by atoms with Gasteiger partial charge in [-0.2, -0.15) is 0 Å². The van der Waals surface area contributed by atoms with E-state index in [1.54, 1.807) is 29.5 Å². The smallest absolute Gasteiger partial charge is 0.251 e. The highest BCUT2D eigenvalue weighted by Crippen LogP contribution is 2.33. The van der Waals surface area contributed by atoms with E-state index < -0.39 is 6.04 Å². The molecule has 2 amide bonds. The van der Waals surface area contributed by atoms with Gasteiger partial charge in [0.1, 0.15) is 10.8 Å². The number of benzene rings is 2. The minimum atomic E-state index is -0.505. The summed E-state index contributed by atoms with van der Waals surface area (Å²) in [6.07, 6.45) is 0.151. The van der Waals surface area contributed by atoms with Crippen LogP contribution >= 0.6 is 11.3 Å². The van der Waals surface area contributed by atoms with E-state index >= 15 is 0 Å². The van der Waals surface area contributed by atoms with Gasteiger partial charge < -0.3 is 4.74 Å². The summed E-state index contributed by atoms with van der Waals surface area (Å²) in [7, 11) is 3.38. The Bertz CT molecular complexity index is 983. The van der Waals surface area contributed by atoms with E-state index in [0.717, 1.165) is 15.2 Å². The number of ether oxygens (including phenoxy) is 1. The highest BCUT2D eigenvalue weighted by Gasteiger charge is 2.42. The van der Waals surface area contributed by atoms with Gasteiger partial charge in [0.15, 0.2) is 0 Å². The standard InChI is InChI=1S/C20H19N3O3S/c1-22(12-18-21-13-7-3-6-10-17(13)27-18)15-11-19(24)23(20(15)25)14-8-4-5-9-16(14)26-2/h3-10,15H,11-12H2,1-2H3. The molecule has 0 saturated carbocycles. The van der Waals surface area contributed by atoms with Crippen molar-refractivity contribution in [3.05, 3.63) is 53.5 Å². The third-order valence-electron chi connectivity index (χ3n) is 4.70. The minimum Gasteiger partial charge on any atom is -0.495 e. The van der Waals surface area contributed by atoms with Crippen LogP contribution in [-0.4, -0.2) is 41.9 Å². The second-order valence-electron chi connectivity index (χ2n) is 6.45. The molecule has 0 radical (unpaired) electrons. The second-order valence-corrected chi connectivity index (χ2v) is 7.56. The summed E-state index contributed by atoms with van der Waals surface area (Å²) in [6, 6.07) is 14.5. The Morgan fingerprint density at radius 1 is 1.19 bits per heavy atom. The van der Waals surface area contributed by atoms with Crippen molar-refractivity contribution in [2.45, 2.75) is 19.0 Å². The summed E-state index contributed by atoms with van der Waals surface area (Å²) in [4.78, 5) is 33.3. The fraction of sp³-hybridized carbons (Fsp3) is 0.250. The molecule has 0 N–H and O–H groups in total. The molecule has 1 aliphatic rings. The van der Waals surface area contributed by atoms with Gasteiger partial charge in [-0.3, -0.25) is 14.5 Å². The molecule has 2 heterocycles. The lowest BCUT2D eigenvalue weighted by atomic mass is 10.2. The zero-order valence-corrected chi connectivity index (χ0v) is 15.9. The number of rotatable bonds is 5. The number of fused-ring (bicyclic) bond motifs is 1. The molecule has 1 atom stereocenters. The average Bonchev–Trinajstić information content (AvgIpc) is 3.21. The molecule has 6 nitrogen and oxygen atoms in total. The number of amides is 2. The van der Waals surface area contributed by atoms with Gasteiger partial charge in [-0.05, 0) is 31.3 Å². The van der Waals surface area contributed by atoms with Crippen LogP contribution in [0.1, 0.15) is 11.4 Å². The molecule has 27 heavy (non-hydrogen) atoms. The van der Waals surface area contributed by atoms with Crippen molar-refractivity contribution >= 4 is 39.1 Å². The van der Waals surface area contributed by atoms with Crippen LogP contribution in [0.15, 0.2) is 48.5 Å². The van der Waals surface area contributed by atoms with Crippen LogP contribution in [-0.2, 0) is 16.1 Å². The van der Waals surface area contributed by atoms with Crippen LogP contribution in [0.3, 0.4) is 0 Å². The van der Waals surface area contributed by atoms with Gasteiger partial charge >= 0.3 is 0 Å². The lowest BCUT2D eigenvalue weighted by Crippen LogP contribution is -2.39. The van der Waals surface area contributed by atoms with Gasteiger partial charge in [0.25, 0.3) is 5.91 Å². The summed E-state index contributed by atoms with van der Waals surface area (Å²) in [5.41, 5.74) is 1.45. The predicted octanol–water partition coefficient (Wildman–Crippen LogP) is 3.07. The molecule has 7 heteroatoms. The number of hydrogen-bond donors (Lipinski definition) is 0. The zero-order valence-electron chi connectivity index (χ0n) is 15.1. The molecule has 3 aromatic rings. The fourth-order valence-electron chi connectivity index (χ4n) is 3.34. The third kappa shape index (κ3) is 3.20. The maximum absolute atomic E-state index is 13.0. The number of carbonyl (C=O) groups excluding carboxylic acids is 2. The van der Waals surface area contributed by atoms with E-state index in [0.29, 0.717) is 18.0 Å². The number of methoxy groups -OCH3 is 1. The molecule has 0 spiro atoms. The lowest BCUT2D eigenvalue weighted by molar-refractivity contribution is -0.122. The molecular formula is C20H19N3O3S. The summed E-state index contributed by atoms with van der Waals surface area (Å²) < 4.78 is 6.43. The van der Waals surface area contributed by atoms with Gasteiger partial charge in [0, 0.05) is 0 Å². The fourth-order valence-corrected chi connectivity index (χ4v) is 4.37. The number of thiazole rings is 1. The molecule has 4 rings (SSSR count). The Balaban J connectivity index is 1.55. The van der Waals surface area contributed by atoms with Gasteiger partial charge in [-0.15, -0.1) is 11.3 Å². The molecule has 1 aromatic heterocycles. The second kappa shape index (κ2) is 7.09. The molecule has 0 bridgehead atoms. The molecular weight excluding hydrogens is 362 g/mol. The lowest BCUT2D eigenvalue weighted by Gasteiger charge is -2.22. The van der Waals surface area contributed by atoms with Crippen LogP contribution in [0.4, 0.5) is 5.69 Å². The number of carbonyl (C=O) groups is 2. The Morgan fingerprint density at radius 2 is 1.93 bits per heavy atom. The maximum atomic E-state index is 13.0. The zero-order chi connectivity index (χ0) is 19.0. The molecule has 1 aliphatic heterocycles. The average molecular weight is 381 g/mol. The minimum absolute atomic E-state index is 0.151. The monoisotopic (exact) mass is 381 g/mol. The van der Waals surface area contributed by atoms with E-state index in [1.807, 2.05) is 42.3 Å². The van der Waals surface area contributed by atoms with Crippen molar-refractivity contribution in [3.63, 3.8) is 0 Å². The SMILES string of the molecule is COc1ccccc1N1C(=O)CC(N(C)Cc2nc3ccccc3s2)C1=O. The first-order valence-corrected chi connectivity index (χ1v) is 9.44. The van der Waals surface area contributed by atoms with Crippen LogP contribution in [0.2, 0.25) is 0 Å². The normalized spacial score (nSPS) is 17.3. The molecule has 1 unspecified atom stereocenters. The van der Waals surface area contributed by atoms with Gasteiger partial charge in [-0.1, -0.05) is 24.3 Å². The highest BCUT2D eigenvalue weighted by molar-refractivity contribution is 7.18. The molecule has 1 saturated heterocycles. The number of aromatic nitrogens is 1. The van der Waals surface area contributed by atoms with Gasteiger partial charge in [-0.25, -0.2) is 9.88 Å². The number of anilines is 1. The topological polar surface area (TPSA) is 62.7 Å². The number of imide groups is 1. The maximum Gasteiger partial charge on any atom is 0.251 e. The van der Waals surface area contributed by atoms with Crippen LogP contribution in [0, 0.1) is 0 Å². The van der Waals surface area contributed by atoms with Gasteiger partial charge in [0.2, 0.25) is 5.91 Å². The van der Waals surface area contributed by atoms with Crippen molar-refractivity contribution in [1.82, 2.24) is 9.88 Å². The van der Waals surface area contributed by atoms with Gasteiger partial charge in [0.05, 0.1) is 42.0 Å². The summed E-state index contributed by atoms with van der Waals surface area (Å²) in [5.74, 6) is 0.0624. The summed E-state index contributed by atoms with van der Waals surface area (Å²) >= 11 is 1.61. The van der Waals surface area contributed by atoms with E-state index in [9.17, 15) is 9.59 Å². The number of nitrogens with zero attached hydrogens (tertiary/aromatic N) is 3. The summed E-state index contributed by atoms with van der Waals surface area (Å²) in [5, 5.41) is 0.926. The Hall–Kier alpha value is -2.77. The van der Waals surface area contributed by atoms with E-state index in [1.165, 1.54) is 12.0 Å². The molecule has 1 fully saturated rings. The highest BCUT2D eigenvalue weighted by atomic mass is 32.1. The first-order valence-electron chi connectivity index (χ1n) is 8.63. The van der Waals surface area contributed by atoms with Crippen LogP contribution < -0.4 is 9.64 Å². The van der Waals surface area contributed by atoms with Crippen molar-refractivity contribution < 1.29 is 14.3 Å².